The van der Waals surface area contributed by atoms with E-state index in [0.29, 0.717) is 23.3 Å². The Kier molecular flexibility index (Phi) is 4.73. The van der Waals surface area contributed by atoms with Crippen LogP contribution in [0.25, 0.3) is 0 Å². The van der Waals surface area contributed by atoms with Crippen molar-refractivity contribution in [1.29, 1.82) is 0 Å². The lowest BCUT2D eigenvalue weighted by Crippen LogP contribution is -2.61. The van der Waals surface area contributed by atoms with Crippen molar-refractivity contribution in [2.75, 3.05) is 13.7 Å². The van der Waals surface area contributed by atoms with Crippen molar-refractivity contribution in [2.45, 2.75) is 90.8 Å². The van der Waals surface area contributed by atoms with Crippen molar-refractivity contribution in [2.24, 2.45) is 34.0 Å². The smallest absolute Gasteiger partial charge is 0.333 e. The van der Waals surface area contributed by atoms with Crippen LogP contribution in [0.3, 0.4) is 0 Å². The zero-order valence-electron chi connectivity index (χ0n) is 19.8. The molecule has 8 atom stereocenters. The van der Waals surface area contributed by atoms with E-state index in [-0.39, 0.29) is 34.5 Å². The third-order valence-corrected chi connectivity index (χ3v) is 10.6. The second kappa shape index (κ2) is 6.82. The van der Waals surface area contributed by atoms with Gasteiger partial charge in [-0.3, -0.25) is 4.79 Å². The second-order valence-electron chi connectivity index (χ2n) is 11.6. The number of ether oxygens (including phenoxy) is 3. The second-order valence-corrected chi connectivity index (χ2v) is 11.6. The zero-order valence-corrected chi connectivity index (χ0v) is 19.8. The largest absolute Gasteiger partial charge is 0.469 e. The van der Waals surface area contributed by atoms with Gasteiger partial charge in [-0.25, -0.2) is 4.79 Å². The van der Waals surface area contributed by atoms with Gasteiger partial charge in [0.1, 0.15) is 11.7 Å². The summed E-state index contributed by atoms with van der Waals surface area (Å²) < 4.78 is 17.8. The van der Waals surface area contributed by atoms with E-state index in [1.807, 2.05) is 19.9 Å². The van der Waals surface area contributed by atoms with Gasteiger partial charge in [0, 0.05) is 11.0 Å². The molecule has 1 heterocycles. The molecule has 0 N–H and O–H groups in total. The number of fused-ring (bicyclic) bond motifs is 4. The van der Waals surface area contributed by atoms with Gasteiger partial charge < -0.3 is 14.2 Å². The van der Waals surface area contributed by atoms with Gasteiger partial charge in [0.2, 0.25) is 0 Å². The lowest BCUT2D eigenvalue weighted by Gasteiger charge is -2.64. The van der Waals surface area contributed by atoms with Crippen LogP contribution in [-0.2, 0) is 23.8 Å². The average Bonchev–Trinajstić information content (AvgIpc) is 3.54. The molecule has 0 aromatic rings. The molecule has 0 aromatic carbocycles. The van der Waals surface area contributed by atoms with E-state index in [4.69, 9.17) is 14.2 Å². The Bertz CT molecular complexity index is 828. The molecule has 2 bridgehead atoms. The van der Waals surface area contributed by atoms with Crippen molar-refractivity contribution in [3.63, 3.8) is 0 Å². The van der Waals surface area contributed by atoms with E-state index in [1.54, 1.807) is 0 Å². The Labute approximate surface area is 186 Å². The van der Waals surface area contributed by atoms with Gasteiger partial charge in [-0.15, -0.1) is 0 Å². The van der Waals surface area contributed by atoms with Crippen molar-refractivity contribution in [3.8, 4) is 0 Å². The van der Waals surface area contributed by atoms with Crippen molar-refractivity contribution >= 4 is 11.9 Å². The molecule has 4 saturated carbocycles. The van der Waals surface area contributed by atoms with E-state index in [1.165, 1.54) is 7.11 Å². The van der Waals surface area contributed by atoms with Crippen LogP contribution in [-0.4, -0.2) is 37.4 Å². The number of hydrogen-bond acceptors (Lipinski definition) is 5. The van der Waals surface area contributed by atoms with E-state index in [9.17, 15) is 9.59 Å². The topological polar surface area (TPSA) is 65.1 Å². The normalized spacial score (nSPS) is 50.4. The summed E-state index contributed by atoms with van der Waals surface area (Å²) in [4.78, 5) is 25.8. The number of carbonyl (C=O) groups excluding carboxylic acids is 2. The van der Waals surface area contributed by atoms with Gasteiger partial charge in [0.05, 0.1) is 19.1 Å². The summed E-state index contributed by atoms with van der Waals surface area (Å²) in [7, 11) is 1.53. The number of hydrogen-bond donors (Lipinski definition) is 0. The van der Waals surface area contributed by atoms with Crippen LogP contribution >= 0.6 is 0 Å². The summed E-state index contributed by atoms with van der Waals surface area (Å²) >= 11 is 0. The fraction of sp³-hybridized carbons (Fsp3) is 0.846. The first kappa shape index (κ1) is 21.5. The molecule has 5 nitrogen and oxygen atoms in total. The summed E-state index contributed by atoms with van der Waals surface area (Å²) in [6, 6.07) is 0. The maximum Gasteiger partial charge on any atom is 0.333 e. The summed E-state index contributed by atoms with van der Waals surface area (Å²) in [6.45, 7) is 9.01. The molecule has 31 heavy (non-hydrogen) atoms. The van der Waals surface area contributed by atoms with Crippen LogP contribution in [0.1, 0.15) is 79.1 Å². The summed E-state index contributed by atoms with van der Waals surface area (Å²) in [5.41, 5.74) is 0.0248. The highest BCUT2D eigenvalue weighted by molar-refractivity contribution is 5.88. The van der Waals surface area contributed by atoms with Crippen molar-refractivity contribution < 1.29 is 23.8 Å². The predicted octanol–water partition coefficient (Wildman–Crippen LogP) is 4.83. The van der Waals surface area contributed by atoms with Crippen LogP contribution in [0.15, 0.2) is 11.6 Å². The predicted molar refractivity (Wildman–Crippen MR) is 116 cm³/mol. The maximum absolute atomic E-state index is 12.9. The number of allylic oxidation sites excluding steroid dienone is 1. The molecule has 2 spiro atoms. The van der Waals surface area contributed by atoms with E-state index < -0.39 is 5.41 Å². The Morgan fingerprint density at radius 2 is 1.81 bits per heavy atom. The Balaban J connectivity index is 1.54. The number of methoxy groups -OCH3 is 1. The first-order valence-corrected chi connectivity index (χ1v) is 12.2. The molecule has 0 aromatic heterocycles. The van der Waals surface area contributed by atoms with Crippen molar-refractivity contribution in [1.82, 2.24) is 0 Å². The molecule has 5 fully saturated rings. The number of rotatable bonds is 3. The number of carbonyl (C=O) groups is 2. The monoisotopic (exact) mass is 430 g/mol. The molecule has 0 radical (unpaired) electrons. The standard InChI is InChI=1S/C26H38O5/c1-6-16(2)20(27)31-21-25-13-10-18-23(3,11-7-12-24(18,4)22(28)29-5)19(25)9-8-17(14-25)26(21)15-30-26/h6,17-19,21H,7-15H2,1-5H3/b16-6+/t17-,18+,19+,21+,23-,24-,25-,26+/m1/s1. The molecular formula is C26H38O5. The fourth-order valence-electron chi connectivity index (χ4n) is 9.03. The summed E-state index contributed by atoms with van der Waals surface area (Å²) in [5.74, 6) is 1.01. The van der Waals surface area contributed by atoms with Gasteiger partial charge >= 0.3 is 11.9 Å². The molecule has 4 aliphatic carbocycles. The number of esters is 2. The van der Waals surface area contributed by atoms with E-state index in [0.717, 1.165) is 58.0 Å². The molecule has 1 saturated heterocycles. The van der Waals surface area contributed by atoms with Crippen molar-refractivity contribution in [3.05, 3.63) is 11.6 Å². The molecule has 0 unspecified atom stereocenters. The Hall–Kier alpha value is -1.36. The molecule has 172 valence electrons. The molecular weight excluding hydrogens is 392 g/mol. The van der Waals surface area contributed by atoms with Crippen LogP contribution in [0.5, 0.6) is 0 Å². The highest BCUT2D eigenvalue weighted by Crippen LogP contribution is 2.75. The lowest BCUT2D eigenvalue weighted by molar-refractivity contribution is -0.200. The van der Waals surface area contributed by atoms with Gasteiger partial charge in [0.25, 0.3) is 0 Å². The minimum absolute atomic E-state index is 0.0251. The Morgan fingerprint density at radius 1 is 1.06 bits per heavy atom. The lowest BCUT2D eigenvalue weighted by atomic mass is 9.40. The molecule has 5 rings (SSSR count). The summed E-state index contributed by atoms with van der Waals surface area (Å²) in [5, 5.41) is 0. The molecule has 5 heteroatoms. The average molecular weight is 431 g/mol. The van der Waals surface area contributed by atoms with Crippen LogP contribution in [0.2, 0.25) is 0 Å². The molecule has 0 amide bonds. The summed E-state index contributed by atoms with van der Waals surface area (Å²) in [6.07, 6.45) is 10.2. The fourth-order valence-corrected chi connectivity index (χ4v) is 9.03. The van der Waals surface area contributed by atoms with Crippen LogP contribution in [0, 0.1) is 34.0 Å². The maximum atomic E-state index is 12.9. The molecule has 5 aliphatic rings. The first-order valence-electron chi connectivity index (χ1n) is 12.2. The number of epoxide rings is 1. The van der Waals surface area contributed by atoms with Crippen LogP contribution < -0.4 is 0 Å². The highest BCUT2D eigenvalue weighted by Gasteiger charge is 2.78. The zero-order chi connectivity index (χ0) is 22.2. The first-order chi connectivity index (χ1) is 14.7. The third-order valence-electron chi connectivity index (χ3n) is 10.6. The van der Waals surface area contributed by atoms with Gasteiger partial charge in [-0.05, 0) is 88.9 Å². The van der Waals surface area contributed by atoms with E-state index >= 15 is 0 Å². The van der Waals surface area contributed by atoms with Gasteiger partial charge in [-0.2, -0.15) is 0 Å². The van der Waals surface area contributed by atoms with E-state index in [2.05, 4.69) is 13.8 Å². The Morgan fingerprint density at radius 3 is 2.45 bits per heavy atom. The quantitative estimate of drug-likeness (QED) is 0.365. The minimum atomic E-state index is -0.416. The van der Waals surface area contributed by atoms with Gasteiger partial charge in [-0.1, -0.05) is 19.4 Å². The van der Waals surface area contributed by atoms with Crippen LogP contribution in [0.4, 0.5) is 0 Å². The highest BCUT2D eigenvalue weighted by atomic mass is 16.6. The molecule has 1 aliphatic heterocycles. The third kappa shape index (κ3) is 2.65. The minimum Gasteiger partial charge on any atom is -0.469 e. The van der Waals surface area contributed by atoms with Gasteiger partial charge in [0.15, 0.2) is 0 Å². The SMILES string of the molecule is C/C=C(\C)C(=O)O[C@H]1[C@@]23CC[C@H]4[C@@](C)(CCC[C@@]4(C)C(=O)OC)[C@@H]2CC[C@H](C3)[C@@]12CO2.